The zero-order chi connectivity index (χ0) is 17.3. The average Bonchev–Trinajstić information content (AvgIpc) is 2.52. The summed E-state index contributed by atoms with van der Waals surface area (Å²) in [4.78, 5) is 29.2. The largest absolute Gasteiger partial charge is 0.399 e. The van der Waals surface area contributed by atoms with Crippen molar-refractivity contribution in [2.75, 3.05) is 7.11 Å². The molecule has 23 heavy (non-hydrogen) atoms. The lowest BCUT2D eigenvalue weighted by Gasteiger charge is -2.12. The number of halogens is 2. The first-order valence-corrected chi connectivity index (χ1v) is 7.03. The molecular weight excluding hydrogens is 347 g/mol. The van der Waals surface area contributed by atoms with Gasteiger partial charge in [0, 0.05) is 19.7 Å². The third-order valence-corrected chi connectivity index (χ3v) is 4.01. The molecule has 10 heteroatoms. The molecular formula is C13H12ClFN4O3S. The van der Waals surface area contributed by atoms with Crippen molar-refractivity contribution < 1.29 is 9.23 Å². The highest BCUT2D eigenvalue weighted by Gasteiger charge is 2.16. The number of nitrogens with zero attached hydrogens (tertiary/aromatic N) is 4. The zero-order valence-corrected chi connectivity index (χ0v) is 14.0. The molecule has 0 fully saturated rings. The Morgan fingerprint density at radius 3 is 2.35 bits per heavy atom. The molecule has 0 N–H and O–H groups in total. The summed E-state index contributed by atoms with van der Waals surface area (Å²) in [5.41, 5.74) is -1.52. The molecule has 0 bridgehead atoms. The lowest BCUT2D eigenvalue weighted by Crippen LogP contribution is -2.43. The van der Waals surface area contributed by atoms with Crippen LogP contribution in [0.15, 0.2) is 26.9 Å². The van der Waals surface area contributed by atoms with Crippen LogP contribution in [0.3, 0.4) is 0 Å². The molecule has 0 saturated carbocycles. The maximum Gasteiger partial charge on any atom is 0.338 e. The van der Waals surface area contributed by atoms with Crippen molar-refractivity contribution in [3.63, 3.8) is 0 Å². The van der Waals surface area contributed by atoms with E-state index in [9.17, 15) is 14.0 Å². The first kappa shape index (κ1) is 17.1. The van der Waals surface area contributed by atoms with E-state index < -0.39 is 17.2 Å². The van der Waals surface area contributed by atoms with Crippen molar-refractivity contribution in [1.29, 1.82) is 0 Å². The normalized spacial score (nSPS) is 11.2. The van der Waals surface area contributed by atoms with Crippen LogP contribution in [0, 0.1) is 10.6 Å². The number of hydrogen-bond donors (Lipinski definition) is 0. The van der Waals surface area contributed by atoms with Gasteiger partial charge in [-0.1, -0.05) is 16.8 Å². The third kappa shape index (κ3) is 2.97. The van der Waals surface area contributed by atoms with E-state index in [2.05, 4.69) is 9.99 Å². The lowest BCUT2D eigenvalue weighted by molar-refractivity contribution is 0.215. The minimum atomic E-state index is -0.833. The van der Waals surface area contributed by atoms with Gasteiger partial charge in [0.1, 0.15) is 12.9 Å². The smallest absolute Gasteiger partial charge is 0.338 e. The number of aromatic nitrogens is 3. The SMILES string of the molecule is CO/N=C/c1cc(-n2c(=O)n(C)c(=S)n(C)c2=O)c(F)cc1Cl. The fourth-order valence-corrected chi connectivity index (χ4v) is 2.27. The second-order valence-electron chi connectivity index (χ2n) is 4.54. The Bertz CT molecular complexity index is 937. The van der Waals surface area contributed by atoms with Gasteiger partial charge in [0.15, 0.2) is 4.77 Å². The quantitative estimate of drug-likeness (QED) is 0.472. The van der Waals surface area contributed by atoms with Gasteiger partial charge in [-0.2, -0.15) is 0 Å². The van der Waals surface area contributed by atoms with Crippen LogP contribution in [0.4, 0.5) is 4.39 Å². The van der Waals surface area contributed by atoms with E-state index >= 15 is 0 Å². The van der Waals surface area contributed by atoms with Crippen molar-refractivity contribution in [1.82, 2.24) is 13.7 Å². The molecule has 7 nitrogen and oxygen atoms in total. The summed E-state index contributed by atoms with van der Waals surface area (Å²) in [6.07, 6.45) is 1.24. The van der Waals surface area contributed by atoms with Crippen molar-refractivity contribution >= 4 is 30.0 Å². The van der Waals surface area contributed by atoms with E-state index in [1.165, 1.54) is 33.5 Å². The van der Waals surface area contributed by atoms with Crippen LogP contribution in [0.1, 0.15) is 5.56 Å². The van der Waals surface area contributed by atoms with Gasteiger partial charge < -0.3 is 4.84 Å². The monoisotopic (exact) mass is 358 g/mol. The Morgan fingerprint density at radius 2 is 1.83 bits per heavy atom. The molecule has 0 unspecified atom stereocenters. The Hall–Kier alpha value is -2.26. The molecule has 0 aliphatic carbocycles. The van der Waals surface area contributed by atoms with Crippen LogP contribution in [-0.4, -0.2) is 27.0 Å². The predicted molar refractivity (Wildman–Crippen MR) is 86.7 cm³/mol. The molecule has 0 saturated heterocycles. The van der Waals surface area contributed by atoms with Gasteiger partial charge in [-0.25, -0.2) is 18.5 Å². The van der Waals surface area contributed by atoms with Crippen LogP contribution in [0.2, 0.25) is 5.02 Å². The van der Waals surface area contributed by atoms with Gasteiger partial charge in [-0.15, -0.1) is 0 Å². The molecule has 0 aliphatic rings. The molecule has 0 aliphatic heterocycles. The van der Waals surface area contributed by atoms with Gasteiger partial charge in [0.2, 0.25) is 0 Å². The maximum atomic E-state index is 14.3. The van der Waals surface area contributed by atoms with Gasteiger partial charge in [0.25, 0.3) is 0 Å². The van der Waals surface area contributed by atoms with E-state index in [0.29, 0.717) is 4.57 Å². The fraction of sp³-hybridized carbons (Fsp3) is 0.231. The highest BCUT2D eigenvalue weighted by molar-refractivity contribution is 7.71. The maximum absolute atomic E-state index is 14.3. The minimum absolute atomic E-state index is 0.0202. The van der Waals surface area contributed by atoms with E-state index in [4.69, 9.17) is 23.8 Å². The van der Waals surface area contributed by atoms with Crippen molar-refractivity contribution in [2.45, 2.75) is 0 Å². The number of hydrogen-bond acceptors (Lipinski definition) is 5. The minimum Gasteiger partial charge on any atom is -0.399 e. The summed E-state index contributed by atoms with van der Waals surface area (Å²) < 4.78 is 17.1. The summed E-state index contributed by atoms with van der Waals surface area (Å²) in [5, 5.41) is 3.59. The van der Waals surface area contributed by atoms with Gasteiger partial charge in [-0.3, -0.25) is 9.13 Å². The Morgan fingerprint density at radius 1 is 1.26 bits per heavy atom. The predicted octanol–water partition coefficient (Wildman–Crippen LogP) is 1.38. The summed E-state index contributed by atoms with van der Waals surface area (Å²) >= 11 is 10.9. The van der Waals surface area contributed by atoms with E-state index in [-0.39, 0.29) is 21.0 Å². The van der Waals surface area contributed by atoms with Crippen molar-refractivity contribution in [3.05, 3.63) is 54.3 Å². The summed E-state index contributed by atoms with van der Waals surface area (Å²) in [5.74, 6) is -0.833. The van der Waals surface area contributed by atoms with E-state index in [1.54, 1.807) is 0 Å². The number of oxime groups is 1. The van der Waals surface area contributed by atoms with Crippen LogP contribution in [0.5, 0.6) is 0 Å². The standard InChI is InChI=1S/C13H12ClFN4O3S/c1-17-11(20)19(12(21)18(2)13(17)23)10-4-7(6-16-22-3)8(14)5-9(10)15/h4-6H,1-3H3/b16-6+. The molecule has 1 aromatic heterocycles. The molecule has 0 atom stereocenters. The van der Waals surface area contributed by atoms with Crippen LogP contribution < -0.4 is 11.4 Å². The third-order valence-electron chi connectivity index (χ3n) is 3.13. The summed E-state index contributed by atoms with van der Waals surface area (Å²) in [6, 6.07) is 2.22. The molecule has 1 heterocycles. The molecule has 0 spiro atoms. The summed E-state index contributed by atoms with van der Waals surface area (Å²) in [7, 11) is 4.11. The highest BCUT2D eigenvalue weighted by atomic mass is 35.5. The van der Waals surface area contributed by atoms with Crippen LogP contribution in [-0.2, 0) is 18.9 Å². The molecule has 0 amide bonds. The lowest BCUT2D eigenvalue weighted by atomic mass is 10.2. The topological polar surface area (TPSA) is 70.5 Å². The Balaban J connectivity index is 2.88. The fourth-order valence-electron chi connectivity index (χ4n) is 1.91. The van der Waals surface area contributed by atoms with Crippen LogP contribution >= 0.6 is 23.8 Å². The number of rotatable bonds is 3. The van der Waals surface area contributed by atoms with Crippen molar-refractivity contribution in [3.8, 4) is 5.69 Å². The highest BCUT2D eigenvalue weighted by Crippen LogP contribution is 2.21. The average molecular weight is 359 g/mol. The van der Waals surface area contributed by atoms with Crippen LogP contribution in [0.25, 0.3) is 5.69 Å². The van der Waals surface area contributed by atoms with Gasteiger partial charge >= 0.3 is 11.4 Å². The van der Waals surface area contributed by atoms with E-state index in [1.807, 2.05) is 0 Å². The first-order chi connectivity index (χ1) is 10.8. The molecule has 122 valence electrons. The second-order valence-corrected chi connectivity index (χ2v) is 5.32. The van der Waals surface area contributed by atoms with Gasteiger partial charge in [0.05, 0.1) is 16.9 Å². The summed E-state index contributed by atoms with van der Waals surface area (Å²) in [6.45, 7) is 0. The second kappa shape index (κ2) is 6.47. The molecule has 2 aromatic rings. The Kier molecular flexibility index (Phi) is 4.81. The zero-order valence-electron chi connectivity index (χ0n) is 12.4. The molecule has 0 radical (unpaired) electrons. The van der Waals surface area contributed by atoms with Gasteiger partial charge in [-0.05, 0) is 24.4 Å². The Labute approximate surface area is 139 Å². The van der Waals surface area contributed by atoms with Crippen molar-refractivity contribution in [2.24, 2.45) is 19.3 Å². The first-order valence-electron chi connectivity index (χ1n) is 6.24. The molecule has 2 rings (SSSR count). The number of benzene rings is 1. The molecule has 1 aromatic carbocycles. The van der Waals surface area contributed by atoms with E-state index in [0.717, 1.165) is 15.2 Å².